The molecule has 1 aliphatic rings. The summed E-state index contributed by atoms with van der Waals surface area (Å²) < 4.78 is 5.05. The maximum absolute atomic E-state index is 12.9. The van der Waals surface area contributed by atoms with Crippen molar-refractivity contribution in [3.63, 3.8) is 0 Å². The van der Waals surface area contributed by atoms with E-state index in [1.807, 2.05) is 24.3 Å². The molecule has 0 spiro atoms. The van der Waals surface area contributed by atoms with Crippen LogP contribution in [0, 0.1) is 5.92 Å². The van der Waals surface area contributed by atoms with Gasteiger partial charge in [-0.2, -0.15) is 0 Å². The van der Waals surface area contributed by atoms with Crippen molar-refractivity contribution in [3.8, 4) is 5.88 Å². The molecule has 3 N–H and O–H groups in total. The van der Waals surface area contributed by atoms with Crippen molar-refractivity contribution in [2.45, 2.75) is 31.7 Å². The van der Waals surface area contributed by atoms with Crippen LogP contribution in [-0.2, 0) is 4.79 Å². The summed E-state index contributed by atoms with van der Waals surface area (Å²) in [5.74, 6) is 0.577. The fraction of sp³-hybridized carbons (Fsp3) is 0.280. The van der Waals surface area contributed by atoms with Gasteiger partial charge in [0.1, 0.15) is 6.04 Å². The predicted octanol–water partition coefficient (Wildman–Crippen LogP) is 4.16. The van der Waals surface area contributed by atoms with Gasteiger partial charge in [0.25, 0.3) is 5.91 Å². The Balaban J connectivity index is 1.39. The SMILES string of the molecule is COc1ccc(NC(=O)C(CCC2CC2)NC(=O)c2ccc(Nc3ccncc3)cc2)cn1. The third-order valence-electron chi connectivity index (χ3n) is 5.51. The number of rotatable bonds is 10. The zero-order valence-electron chi connectivity index (χ0n) is 18.5. The fourth-order valence-corrected chi connectivity index (χ4v) is 3.43. The van der Waals surface area contributed by atoms with Gasteiger partial charge in [0.15, 0.2) is 0 Å². The summed E-state index contributed by atoms with van der Waals surface area (Å²) in [4.78, 5) is 33.9. The molecular weight excluding hydrogens is 418 g/mol. The van der Waals surface area contributed by atoms with E-state index >= 15 is 0 Å². The Morgan fingerprint density at radius 2 is 1.70 bits per heavy atom. The van der Waals surface area contributed by atoms with Crippen molar-refractivity contribution < 1.29 is 14.3 Å². The number of amides is 2. The van der Waals surface area contributed by atoms with Crippen LogP contribution in [0.5, 0.6) is 5.88 Å². The van der Waals surface area contributed by atoms with Gasteiger partial charge >= 0.3 is 0 Å². The molecule has 4 rings (SSSR count). The number of benzene rings is 1. The number of methoxy groups -OCH3 is 1. The number of aromatic nitrogens is 2. The van der Waals surface area contributed by atoms with Crippen molar-refractivity contribution in [1.82, 2.24) is 15.3 Å². The van der Waals surface area contributed by atoms with E-state index in [0.717, 1.165) is 17.8 Å². The van der Waals surface area contributed by atoms with Crippen LogP contribution < -0.4 is 20.7 Å². The maximum atomic E-state index is 12.9. The molecule has 0 radical (unpaired) electrons. The first-order valence-corrected chi connectivity index (χ1v) is 11.0. The largest absolute Gasteiger partial charge is 0.481 e. The lowest BCUT2D eigenvalue weighted by Crippen LogP contribution is -2.43. The molecule has 8 nitrogen and oxygen atoms in total. The number of anilines is 3. The lowest BCUT2D eigenvalue weighted by molar-refractivity contribution is -0.118. The van der Waals surface area contributed by atoms with Crippen LogP contribution in [0.1, 0.15) is 36.0 Å². The van der Waals surface area contributed by atoms with E-state index in [-0.39, 0.29) is 11.8 Å². The summed E-state index contributed by atoms with van der Waals surface area (Å²) in [6.07, 6.45) is 8.83. The minimum Gasteiger partial charge on any atom is -0.481 e. The van der Waals surface area contributed by atoms with Crippen LogP contribution in [0.3, 0.4) is 0 Å². The Bertz CT molecular complexity index is 1070. The van der Waals surface area contributed by atoms with Crippen molar-refractivity contribution in [2.75, 3.05) is 17.7 Å². The fourth-order valence-electron chi connectivity index (χ4n) is 3.43. The third-order valence-corrected chi connectivity index (χ3v) is 5.51. The van der Waals surface area contributed by atoms with Crippen LogP contribution in [0.2, 0.25) is 0 Å². The first-order valence-electron chi connectivity index (χ1n) is 11.0. The topological polar surface area (TPSA) is 105 Å². The van der Waals surface area contributed by atoms with Crippen LogP contribution in [0.15, 0.2) is 67.1 Å². The molecule has 1 saturated carbocycles. The first-order chi connectivity index (χ1) is 16.1. The molecule has 1 aliphatic carbocycles. The van der Waals surface area contributed by atoms with Crippen molar-refractivity contribution in [1.29, 1.82) is 0 Å². The highest BCUT2D eigenvalue weighted by atomic mass is 16.5. The molecule has 1 fully saturated rings. The Hall–Kier alpha value is -3.94. The summed E-state index contributed by atoms with van der Waals surface area (Å²) in [7, 11) is 1.53. The molecule has 2 heterocycles. The summed E-state index contributed by atoms with van der Waals surface area (Å²) in [6, 6.07) is 13.6. The van der Waals surface area contributed by atoms with E-state index in [1.54, 1.807) is 36.7 Å². The molecule has 0 bridgehead atoms. The lowest BCUT2D eigenvalue weighted by atomic mass is 10.1. The predicted molar refractivity (Wildman–Crippen MR) is 127 cm³/mol. The molecule has 2 aromatic heterocycles. The molecule has 170 valence electrons. The Morgan fingerprint density at radius 1 is 1.00 bits per heavy atom. The summed E-state index contributed by atoms with van der Waals surface area (Å²) >= 11 is 0. The quantitative estimate of drug-likeness (QED) is 0.433. The molecule has 3 aromatic rings. The van der Waals surface area contributed by atoms with Crippen molar-refractivity contribution >= 4 is 28.9 Å². The molecule has 1 unspecified atom stereocenters. The summed E-state index contributed by atoms with van der Waals surface area (Å²) in [6.45, 7) is 0. The zero-order valence-corrected chi connectivity index (χ0v) is 18.5. The lowest BCUT2D eigenvalue weighted by Gasteiger charge is -2.19. The summed E-state index contributed by atoms with van der Waals surface area (Å²) in [5.41, 5.74) is 2.81. The molecule has 1 aromatic carbocycles. The number of pyridine rings is 2. The smallest absolute Gasteiger partial charge is 0.251 e. The second kappa shape index (κ2) is 10.6. The standard InChI is InChI=1S/C25H27N5O3/c1-33-23-11-9-21(16-27-23)29-25(32)22(10-4-17-2-3-17)30-24(31)18-5-7-19(8-6-18)28-20-12-14-26-15-13-20/h5-9,11-17,22H,2-4,10H2,1H3,(H,26,28)(H,29,32)(H,30,31). The maximum Gasteiger partial charge on any atom is 0.251 e. The molecule has 2 amide bonds. The highest BCUT2D eigenvalue weighted by molar-refractivity contribution is 6.01. The van der Waals surface area contributed by atoms with Gasteiger partial charge in [0.2, 0.25) is 11.8 Å². The molecule has 0 saturated heterocycles. The normalized spacial score (nSPS) is 13.6. The number of nitrogens with one attached hydrogen (secondary N) is 3. The second-order valence-electron chi connectivity index (χ2n) is 8.06. The van der Waals surface area contributed by atoms with E-state index in [1.165, 1.54) is 26.1 Å². The van der Waals surface area contributed by atoms with Crippen molar-refractivity contribution in [2.24, 2.45) is 5.92 Å². The second-order valence-corrected chi connectivity index (χ2v) is 8.06. The molecular formula is C25H27N5O3. The van der Waals surface area contributed by atoms with Crippen LogP contribution in [0.25, 0.3) is 0 Å². The van der Waals surface area contributed by atoms with Gasteiger partial charge in [-0.1, -0.05) is 12.8 Å². The van der Waals surface area contributed by atoms with Gasteiger partial charge in [-0.15, -0.1) is 0 Å². The molecule has 1 atom stereocenters. The van der Waals surface area contributed by atoms with E-state index in [2.05, 4.69) is 25.9 Å². The molecule has 8 heteroatoms. The highest BCUT2D eigenvalue weighted by Gasteiger charge is 2.27. The van der Waals surface area contributed by atoms with Gasteiger partial charge in [-0.3, -0.25) is 14.6 Å². The van der Waals surface area contributed by atoms with Gasteiger partial charge < -0.3 is 20.7 Å². The Labute approximate surface area is 192 Å². The highest BCUT2D eigenvalue weighted by Crippen LogP contribution is 2.34. The Kier molecular flexibility index (Phi) is 7.14. The average Bonchev–Trinajstić information content (AvgIpc) is 3.68. The average molecular weight is 446 g/mol. The van der Waals surface area contributed by atoms with Crippen LogP contribution in [-0.4, -0.2) is 34.9 Å². The van der Waals surface area contributed by atoms with Crippen molar-refractivity contribution in [3.05, 3.63) is 72.7 Å². The van der Waals surface area contributed by atoms with E-state index in [9.17, 15) is 9.59 Å². The van der Waals surface area contributed by atoms with E-state index in [0.29, 0.717) is 29.5 Å². The Morgan fingerprint density at radius 3 is 2.33 bits per heavy atom. The van der Waals surface area contributed by atoms with Gasteiger partial charge in [-0.05, 0) is 61.2 Å². The van der Waals surface area contributed by atoms with Crippen LogP contribution in [0.4, 0.5) is 17.1 Å². The zero-order chi connectivity index (χ0) is 23.0. The van der Waals surface area contributed by atoms with Gasteiger partial charge in [0.05, 0.1) is 19.0 Å². The monoisotopic (exact) mass is 445 g/mol. The number of hydrogen-bond donors (Lipinski definition) is 3. The molecule has 33 heavy (non-hydrogen) atoms. The third kappa shape index (κ3) is 6.52. The van der Waals surface area contributed by atoms with Crippen LogP contribution >= 0.6 is 0 Å². The first kappa shape index (κ1) is 22.3. The van der Waals surface area contributed by atoms with E-state index in [4.69, 9.17) is 4.74 Å². The number of carbonyl (C=O) groups is 2. The van der Waals surface area contributed by atoms with Gasteiger partial charge in [-0.25, -0.2) is 4.98 Å². The number of ether oxygens (including phenoxy) is 1. The number of carbonyl (C=O) groups excluding carboxylic acids is 2. The number of nitrogens with zero attached hydrogens (tertiary/aromatic N) is 2. The minimum absolute atomic E-state index is 0.257. The minimum atomic E-state index is -0.630. The summed E-state index contributed by atoms with van der Waals surface area (Å²) in [5, 5.41) is 9.00. The van der Waals surface area contributed by atoms with Gasteiger partial charge in [0, 0.05) is 35.4 Å². The number of hydrogen-bond acceptors (Lipinski definition) is 6. The van der Waals surface area contributed by atoms with E-state index < -0.39 is 6.04 Å². The molecule has 0 aliphatic heterocycles.